The number of nitrogens with zero attached hydrogens (tertiary/aromatic N) is 1. The third-order valence-corrected chi connectivity index (χ3v) is 3.57. The summed E-state index contributed by atoms with van der Waals surface area (Å²) in [4.78, 5) is 23.3. The van der Waals surface area contributed by atoms with Crippen LogP contribution in [0.3, 0.4) is 0 Å². The van der Waals surface area contributed by atoms with Crippen LogP contribution in [0.25, 0.3) is 10.9 Å². The summed E-state index contributed by atoms with van der Waals surface area (Å²) in [5.74, 6) is -1.21. The van der Waals surface area contributed by atoms with Crippen molar-refractivity contribution in [3.8, 4) is 0 Å². The van der Waals surface area contributed by atoms with Crippen LogP contribution in [0, 0.1) is 0 Å². The first-order valence-corrected chi connectivity index (χ1v) is 6.46. The van der Waals surface area contributed by atoms with Crippen LogP contribution in [0.15, 0.2) is 23.1 Å². The number of hydrogen-bond acceptors (Lipinski definition) is 2. The molecule has 1 heterocycles. The lowest BCUT2D eigenvalue weighted by molar-refractivity contribution is 0.0695. The monoisotopic (exact) mass is 279 g/mol. The minimum atomic E-state index is -1.21. The van der Waals surface area contributed by atoms with Crippen molar-refractivity contribution in [1.82, 2.24) is 4.57 Å². The zero-order valence-electron chi connectivity index (χ0n) is 10.7. The number of pyridine rings is 1. The Morgan fingerprint density at radius 2 is 2.05 bits per heavy atom. The highest BCUT2D eigenvalue weighted by Crippen LogP contribution is 2.25. The molecule has 2 rings (SSSR count). The van der Waals surface area contributed by atoms with Gasteiger partial charge in [0, 0.05) is 23.2 Å². The Morgan fingerprint density at radius 3 is 2.58 bits per heavy atom. The Balaban J connectivity index is 3.02. The summed E-state index contributed by atoms with van der Waals surface area (Å²) >= 11 is 6.16. The summed E-state index contributed by atoms with van der Waals surface area (Å²) in [6.07, 6.45) is 2.07. The number of carboxylic acids is 1. The van der Waals surface area contributed by atoms with Gasteiger partial charge in [-0.25, -0.2) is 4.79 Å². The van der Waals surface area contributed by atoms with Crippen LogP contribution in [-0.2, 0) is 13.0 Å². The number of aryl methyl sites for hydroxylation is 2. The summed E-state index contributed by atoms with van der Waals surface area (Å²) in [6, 6.07) is 3.24. The van der Waals surface area contributed by atoms with E-state index in [0.29, 0.717) is 23.4 Å². The quantitative estimate of drug-likeness (QED) is 0.940. The third-order valence-electron chi connectivity index (χ3n) is 3.21. The van der Waals surface area contributed by atoms with Gasteiger partial charge in [0.2, 0.25) is 5.43 Å². The third kappa shape index (κ3) is 2.12. The molecule has 1 N–H and O–H groups in total. The number of benzene rings is 1. The van der Waals surface area contributed by atoms with Crippen molar-refractivity contribution in [3.05, 3.63) is 44.7 Å². The Kier molecular flexibility index (Phi) is 3.62. The minimum absolute atomic E-state index is 0.210. The number of halogens is 1. The molecule has 0 fully saturated rings. The smallest absolute Gasteiger partial charge is 0.341 e. The molecule has 2 aromatic rings. The Labute approximate surface area is 115 Å². The molecule has 0 aliphatic carbocycles. The van der Waals surface area contributed by atoms with E-state index in [1.165, 1.54) is 6.20 Å². The molecule has 0 saturated carbocycles. The summed E-state index contributed by atoms with van der Waals surface area (Å²) in [5, 5.41) is 10.1. The van der Waals surface area contributed by atoms with E-state index >= 15 is 0 Å². The fraction of sp³-hybridized carbons (Fsp3) is 0.286. The molecule has 0 atom stereocenters. The van der Waals surface area contributed by atoms with Gasteiger partial charge in [-0.2, -0.15) is 0 Å². The Morgan fingerprint density at radius 1 is 1.37 bits per heavy atom. The van der Waals surface area contributed by atoms with Gasteiger partial charge in [0.1, 0.15) is 5.56 Å². The van der Waals surface area contributed by atoms with Crippen molar-refractivity contribution in [1.29, 1.82) is 0 Å². The number of carboxylic acid groups (broad SMARTS) is 1. The van der Waals surface area contributed by atoms with Crippen molar-refractivity contribution in [2.45, 2.75) is 26.8 Å². The van der Waals surface area contributed by atoms with Gasteiger partial charge in [-0.05, 0) is 31.0 Å². The fourth-order valence-electron chi connectivity index (χ4n) is 2.29. The van der Waals surface area contributed by atoms with Crippen LogP contribution in [0.5, 0.6) is 0 Å². The molecule has 1 aromatic heterocycles. The lowest BCUT2D eigenvalue weighted by Crippen LogP contribution is -2.19. The second-order valence-electron chi connectivity index (χ2n) is 4.24. The van der Waals surface area contributed by atoms with Gasteiger partial charge in [0.15, 0.2) is 0 Å². The highest BCUT2D eigenvalue weighted by Gasteiger charge is 2.16. The van der Waals surface area contributed by atoms with E-state index in [1.54, 1.807) is 16.7 Å². The highest BCUT2D eigenvalue weighted by atomic mass is 35.5. The van der Waals surface area contributed by atoms with Crippen molar-refractivity contribution in [3.63, 3.8) is 0 Å². The molecule has 1 aromatic carbocycles. The van der Waals surface area contributed by atoms with Gasteiger partial charge in [-0.1, -0.05) is 18.5 Å². The molecule has 19 heavy (non-hydrogen) atoms. The molecule has 0 bridgehead atoms. The number of rotatable bonds is 3. The predicted octanol–water partition coefficient (Wildman–Crippen LogP) is 2.94. The van der Waals surface area contributed by atoms with E-state index < -0.39 is 11.4 Å². The predicted molar refractivity (Wildman–Crippen MR) is 75.2 cm³/mol. The molecular weight excluding hydrogens is 266 g/mol. The van der Waals surface area contributed by atoms with Crippen molar-refractivity contribution in [2.24, 2.45) is 0 Å². The average Bonchev–Trinajstić information content (AvgIpc) is 2.38. The molecule has 0 amide bonds. The summed E-state index contributed by atoms with van der Waals surface area (Å²) in [7, 11) is 0. The molecule has 0 saturated heterocycles. The van der Waals surface area contributed by atoms with Crippen LogP contribution in [0.4, 0.5) is 0 Å². The summed E-state index contributed by atoms with van der Waals surface area (Å²) in [5.41, 5.74) is 0.930. The molecule has 0 aliphatic heterocycles. The first-order chi connectivity index (χ1) is 9.01. The molecular formula is C14H14ClNO3. The molecule has 0 spiro atoms. The van der Waals surface area contributed by atoms with E-state index in [4.69, 9.17) is 16.7 Å². The largest absolute Gasteiger partial charge is 0.477 e. The first-order valence-electron chi connectivity index (χ1n) is 6.09. The van der Waals surface area contributed by atoms with Crippen LogP contribution in [-0.4, -0.2) is 15.6 Å². The maximum absolute atomic E-state index is 12.2. The van der Waals surface area contributed by atoms with Gasteiger partial charge < -0.3 is 9.67 Å². The zero-order valence-corrected chi connectivity index (χ0v) is 11.5. The number of hydrogen-bond donors (Lipinski definition) is 1. The lowest BCUT2D eigenvalue weighted by Gasteiger charge is -2.14. The zero-order chi connectivity index (χ0) is 14.2. The first kappa shape index (κ1) is 13.6. The standard InChI is InChI=1S/C14H14ClNO3/c1-3-8-11(15)6-5-9-12(8)16(4-2)7-10(13(9)17)14(18)19/h5-7H,3-4H2,1-2H3,(H,18,19). The van der Waals surface area contributed by atoms with Gasteiger partial charge in [0.25, 0.3) is 0 Å². The Hall–Kier alpha value is -1.81. The average molecular weight is 280 g/mol. The second-order valence-corrected chi connectivity index (χ2v) is 4.65. The van der Waals surface area contributed by atoms with Crippen LogP contribution >= 0.6 is 11.6 Å². The van der Waals surface area contributed by atoms with E-state index in [-0.39, 0.29) is 5.56 Å². The van der Waals surface area contributed by atoms with E-state index in [1.807, 2.05) is 13.8 Å². The molecule has 0 unspecified atom stereocenters. The fourth-order valence-corrected chi connectivity index (χ4v) is 2.57. The maximum atomic E-state index is 12.2. The van der Waals surface area contributed by atoms with E-state index in [2.05, 4.69) is 0 Å². The molecule has 4 nitrogen and oxygen atoms in total. The Bertz CT molecular complexity index is 719. The molecule has 0 aliphatic rings. The topological polar surface area (TPSA) is 59.3 Å². The minimum Gasteiger partial charge on any atom is -0.477 e. The molecule has 0 radical (unpaired) electrons. The van der Waals surface area contributed by atoms with E-state index in [9.17, 15) is 9.59 Å². The number of carbonyl (C=O) groups is 1. The summed E-state index contributed by atoms with van der Waals surface area (Å²) < 4.78 is 1.77. The van der Waals surface area contributed by atoms with Crippen LogP contribution in [0.1, 0.15) is 29.8 Å². The lowest BCUT2D eigenvalue weighted by atomic mass is 10.0. The maximum Gasteiger partial charge on any atom is 0.341 e. The normalized spacial score (nSPS) is 10.9. The number of aromatic nitrogens is 1. The van der Waals surface area contributed by atoms with Crippen LogP contribution in [0.2, 0.25) is 5.02 Å². The van der Waals surface area contributed by atoms with E-state index in [0.717, 1.165) is 11.1 Å². The van der Waals surface area contributed by atoms with Gasteiger partial charge >= 0.3 is 5.97 Å². The molecule has 5 heteroatoms. The SMILES string of the molecule is CCc1c(Cl)ccc2c(=O)c(C(=O)O)cn(CC)c12. The highest BCUT2D eigenvalue weighted by molar-refractivity contribution is 6.32. The van der Waals surface area contributed by atoms with Gasteiger partial charge in [-0.3, -0.25) is 4.79 Å². The van der Waals surface area contributed by atoms with Crippen LogP contribution < -0.4 is 5.43 Å². The van der Waals surface area contributed by atoms with Gasteiger partial charge in [0.05, 0.1) is 5.52 Å². The summed E-state index contributed by atoms with van der Waals surface area (Å²) in [6.45, 7) is 4.43. The number of fused-ring (bicyclic) bond motifs is 1. The van der Waals surface area contributed by atoms with Crippen molar-refractivity contribution >= 4 is 28.5 Å². The molecule has 100 valence electrons. The van der Waals surface area contributed by atoms with Gasteiger partial charge in [-0.15, -0.1) is 0 Å². The second kappa shape index (κ2) is 5.05. The van der Waals surface area contributed by atoms with Crippen molar-refractivity contribution in [2.75, 3.05) is 0 Å². The van der Waals surface area contributed by atoms with Crippen molar-refractivity contribution < 1.29 is 9.90 Å². The number of aromatic carboxylic acids is 1.